The zero-order valence-electron chi connectivity index (χ0n) is 19.0. The molecule has 0 saturated heterocycles. The third-order valence-corrected chi connectivity index (χ3v) is 6.81. The third-order valence-electron chi connectivity index (χ3n) is 5.79. The highest BCUT2D eigenvalue weighted by atomic mass is 35.5. The van der Waals surface area contributed by atoms with Gasteiger partial charge in [-0.15, -0.1) is 0 Å². The number of ether oxygens (including phenoxy) is 1. The third kappa shape index (κ3) is 5.05. The maximum absolute atomic E-state index is 14.6. The summed E-state index contributed by atoms with van der Waals surface area (Å²) in [6.07, 6.45) is 1.65. The molecule has 0 saturated carbocycles. The highest BCUT2D eigenvalue weighted by Crippen LogP contribution is 2.37. The number of halogens is 5. The van der Waals surface area contributed by atoms with E-state index in [0.717, 1.165) is 23.4 Å². The van der Waals surface area contributed by atoms with Gasteiger partial charge in [-0.25, -0.2) is 18.6 Å². The molecular formula is C26H19Cl3F2N2O3. The van der Waals surface area contributed by atoms with Crippen LogP contribution >= 0.6 is 34.8 Å². The van der Waals surface area contributed by atoms with E-state index in [9.17, 15) is 13.6 Å². The molecule has 0 atom stereocenters. The van der Waals surface area contributed by atoms with Gasteiger partial charge in [0, 0.05) is 17.3 Å². The lowest BCUT2D eigenvalue weighted by Gasteiger charge is -2.28. The van der Waals surface area contributed by atoms with Gasteiger partial charge in [0.1, 0.15) is 12.4 Å². The fraction of sp³-hybridized carbons (Fsp3) is 0.154. The van der Waals surface area contributed by atoms with Crippen molar-refractivity contribution >= 4 is 40.8 Å². The number of carbonyl (C=O) groups is 1. The maximum Gasteiger partial charge on any atom is 0.335 e. The second kappa shape index (κ2) is 10.1. The van der Waals surface area contributed by atoms with Gasteiger partial charge in [-0.2, -0.15) is 0 Å². The molecule has 0 amide bonds. The smallest absolute Gasteiger partial charge is 0.335 e. The van der Waals surface area contributed by atoms with E-state index in [-0.39, 0.29) is 22.9 Å². The Kier molecular flexibility index (Phi) is 7.27. The van der Waals surface area contributed by atoms with E-state index < -0.39 is 23.0 Å². The monoisotopic (exact) mass is 550 g/mol. The molecule has 4 rings (SSSR count). The highest BCUT2D eigenvalue weighted by Gasteiger charge is 2.30. The minimum atomic E-state index is -1.32. The molecule has 0 bridgehead atoms. The van der Waals surface area contributed by atoms with Gasteiger partial charge in [0.15, 0.2) is 17.4 Å². The normalized spacial score (nSPS) is 11.5. The van der Waals surface area contributed by atoms with E-state index in [2.05, 4.69) is 4.98 Å². The first-order chi connectivity index (χ1) is 17.0. The second-order valence-corrected chi connectivity index (χ2v) is 9.71. The minimum Gasteiger partial charge on any atom is -0.481 e. The van der Waals surface area contributed by atoms with E-state index in [1.807, 2.05) is 19.9 Å². The van der Waals surface area contributed by atoms with Gasteiger partial charge in [-0.1, -0.05) is 54.7 Å². The Hall–Kier alpha value is -3.13. The lowest BCUT2D eigenvalue weighted by Crippen LogP contribution is -2.24. The van der Waals surface area contributed by atoms with Crippen LogP contribution in [0.25, 0.3) is 5.69 Å². The summed E-state index contributed by atoms with van der Waals surface area (Å²) in [5, 5.41) is 9.73. The van der Waals surface area contributed by atoms with Crippen molar-refractivity contribution in [1.29, 1.82) is 0 Å². The summed E-state index contributed by atoms with van der Waals surface area (Å²) >= 11 is 18.4. The molecule has 1 aromatic heterocycles. The topological polar surface area (TPSA) is 64.3 Å². The lowest BCUT2D eigenvalue weighted by molar-refractivity contribution is 0.0696. The van der Waals surface area contributed by atoms with Crippen LogP contribution in [0.15, 0.2) is 60.8 Å². The van der Waals surface area contributed by atoms with Crippen molar-refractivity contribution in [1.82, 2.24) is 9.55 Å². The molecule has 0 radical (unpaired) electrons. The summed E-state index contributed by atoms with van der Waals surface area (Å²) in [6, 6.07) is 13.1. The molecule has 10 heteroatoms. The summed E-state index contributed by atoms with van der Waals surface area (Å²) in [5.41, 5.74) is 1.23. The van der Waals surface area contributed by atoms with Crippen LogP contribution in [0.4, 0.5) is 8.78 Å². The van der Waals surface area contributed by atoms with E-state index in [4.69, 9.17) is 44.6 Å². The van der Waals surface area contributed by atoms with Crippen LogP contribution < -0.4 is 4.74 Å². The van der Waals surface area contributed by atoms with Crippen LogP contribution in [-0.4, -0.2) is 20.6 Å². The maximum atomic E-state index is 14.6. The molecule has 1 heterocycles. The van der Waals surface area contributed by atoms with Crippen molar-refractivity contribution in [2.45, 2.75) is 25.9 Å². The van der Waals surface area contributed by atoms with Crippen LogP contribution in [0.2, 0.25) is 15.1 Å². The largest absolute Gasteiger partial charge is 0.481 e. The Labute approximate surface area is 220 Å². The van der Waals surface area contributed by atoms with Crippen molar-refractivity contribution in [3.63, 3.8) is 0 Å². The van der Waals surface area contributed by atoms with E-state index in [0.29, 0.717) is 21.6 Å². The van der Waals surface area contributed by atoms with Gasteiger partial charge in [0.2, 0.25) is 0 Å². The van der Waals surface area contributed by atoms with Gasteiger partial charge in [0.05, 0.1) is 26.3 Å². The van der Waals surface area contributed by atoms with Crippen molar-refractivity contribution in [3.8, 4) is 11.4 Å². The quantitative estimate of drug-likeness (QED) is 0.255. The lowest BCUT2D eigenvalue weighted by atomic mass is 9.81. The standard InChI is InChI=1S/C26H19Cl3F2N2O3/c1-26(2,15-3-8-18(27)19(28)11-15)22-12-32-23(33(22)17-6-4-16(30)5-7-17)13-36-24-20(29)9-14(25(34)35)10-21(24)31/h3-12H,13H2,1-2H3,(H,34,35). The van der Waals surface area contributed by atoms with Crippen LogP contribution in [0.3, 0.4) is 0 Å². The highest BCUT2D eigenvalue weighted by molar-refractivity contribution is 6.42. The Balaban J connectivity index is 1.77. The minimum absolute atomic E-state index is 0.191. The van der Waals surface area contributed by atoms with Crippen molar-refractivity contribution < 1.29 is 23.4 Å². The Morgan fingerprint density at radius 1 is 1.00 bits per heavy atom. The molecule has 36 heavy (non-hydrogen) atoms. The first-order valence-corrected chi connectivity index (χ1v) is 11.8. The Bertz CT molecular complexity index is 1430. The molecule has 5 nitrogen and oxygen atoms in total. The molecule has 186 valence electrons. The molecule has 0 spiro atoms. The number of imidazole rings is 1. The fourth-order valence-electron chi connectivity index (χ4n) is 3.80. The molecule has 0 aliphatic heterocycles. The van der Waals surface area contributed by atoms with Crippen LogP contribution in [0.5, 0.6) is 5.75 Å². The second-order valence-electron chi connectivity index (χ2n) is 8.49. The Morgan fingerprint density at radius 2 is 1.69 bits per heavy atom. The van der Waals surface area contributed by atoms with Gasteiger partial charge < -0.3 is 9.84 Å². The number of nitrogens with zero attached hydrogens (tertiary/aromatic N) is 2. The van der Waals surface area contributed by atoms with Gasteiger partial charge in [-0.3, -0.25) is 4.57 Å². The zero-order valence-corrected chi connectivity index (χ0v) is 21.3. The Morgan fingerprint density at radius 3 is 2.31 bits per heavy atom. The summed E-state index contributed by atoms with van der Waals surface area (Å²) in [4.78, 5) is 15.6. The molecule has 4 aromatic rings. The molecular weight excluding hydrogens is 533 g/mol. The number of benzene rings is 3. The summed E-state index contributed by atoms with van der Waals surface area (Å²) in [7, 11) is 0. The van der Waals surface area contributed by atoms with Gasteiger partial charge >= 0.3 is 5.97 Å². The fourth-order valence-corrected chi connectivity index (χ4v) is 4.36. The van der Waals surface area contributed by atoms with E-state index >= 15 is 0 Å². The first kappa shape index (κ1) is 25.9. The summed E-state index contributed by atoms with van der Waals surface area (Å²) in [6.45, 7) is 3.72. The predicted molar refractivity (Wildman–Crippen MR) is 135 cm³/mol. The number of hydrogen-bond acceptors (Lipinski definition) is 3. The number of aromatic carboxylic acids is 1. The SMILES string of the molecule is CC(C)(c1ccc(Cl)c(Cl)c1)c1cnc(COc2c(F)cc(C(=O)O)cc2Cl)n1-c1ccc(F)cc1. The molecule has 0 aliphatic carbocycles. The molecule has 0 unspecified atom stereocenters. The number of aromatic nitrogens is 2. The van der Waals surface area contributed by atoms with Crippen molar-refractivity contribution in [2.24, 2.45) is 0 Å². The average Bonchev–Trinajstić information content (AvgIpc) is 3.25. The average molecular weight is 552 g/mol. The summed E-state index contributed by atoms with van der Waals surface area (Å²) < 4.78 is 35.7. The van der Waals surface area contributed by atoms with E-state index in [1.54, 1.807) is 35.0 Å². The van der Waals surface area contributed by atoms with Crippen molar-refractivity contribution in [3.05, 3.63) is 110 Å². The predicted octanol–water partition coefficient (Wildman–Crippen LogP) is 7.71. The molecule has 3 aromatic carbocycles. The number of carboxylic acids is 1. The van der Waals surface area contributed by atoms with Crippen molar-refractivity contribution in [2.75, 3.05) is 0 Å². The van der Waals surface area contributed by atoms with Crippen LogP contribution in [0.1, 0.15) is 41.3 Å². The van der Waals surface area contributed by atoms with E-state index in [1.165, 1.54) is 12.1 Å². The molecule has 0 fully saturated rings. The number of carboxylic acid groups (broad SMARTS) is 1. The van der Waals surface area contributed by atoms with Gasteiger partial charge in [-0.05, 0) is 54.1 Å². The zero-order chi connectivity index (χ0) is 26.2. The number of rotatable bonds is 7. The molecule has 1 N–H and O–H groups in total. The molecule has 0 aliphatic rings. The van der Waals surface area contributed by atoms with Crippen LogP contribution in [-0.2, 0) is 12.0 Å². The summed E-state index contributed by atoms with van der Waals surface area (Å²) in [5.74, 6) is -2.57. The van der Waals surface area contributed by atoms with Crippen LogP contribution in [0, 0.1) is 11.6 Å². The van der Waals surface area contributed by atoms with Gasteiger partial charge in [0.25, 0.3) is 0 Å². The first-order valence-electron chi connectivity index (χ1n) is 10.6. The number of hydrogen-bond donors (Lipinski definition) is 1.